The first-order valence-corrected chi connectivity index (χ1v) is 12.1. The van der Waals surface area contributed by atoms with Gasteiger partial charge in [-0.05, 0) is 44.1 Å². The molecule has 2 aromatic rings. The highest BCUT2D eigenvalue weighted by Crippen LogP contribution is 2.39. The van der Waals surface area contributed by atoms with Crippen molar-refractivity contribution in [2.75, 3.05) is 26.3 Å². The maximum atomic E-state index is 13.6. The second-order valence-corrected chi connectivity index (χ2v) is 9.65. The number of carbonyl (C=O) groups excluding carboxylic acids is 1. The number of amides is 1. The van der Waals surface area contributed by atoms with Crippen molar-refractivity contribution in [3.8, 4) is 10.6 Å². The molecule has 0 unspecified atom stereocenters. The second-order valence-electron chi connectivity index (χ2n) is 7.97. The van der Waals surface area contributed by atoms with Crippen LogP contribution < -0.4 is 5.32 Å². The van der Waals surface area contributed by atoms with Gasteiger partial charge in [0.1, 0.15) is 11.0 Å². The Kier molecular flexibility index (Phi) is 5.73. The van der Waals surface area contributed by atoms with E-state index in [1.54, 1.807) is 11.3 Å². The quantitative estimate of drug-likeness (QED) is 0.676. The molecule has 1 amide bonds. The van der Waals surface area contributed by atoms with E-state index >= 15 is 0 Å². The Labute approximate surface area is 195 Å². The topological polar surface area (TPSA) is 57.7 Å². The molecule has 162 valence electrons. The number of ether oxygens (including phenoxy) is 1. The van der Waals surface area contributed by atoms with Crippen molar-refractivity contribution in [3.05, 3.63) is 51.6 Å². The average Bonchev–Trinajstić information content (AvgIpc) is 3.49. The summed E-state index contributed by atoms with van der Waals surface area (Å²) in [6.07, 6.45) is 2.19. The lowest BCUT2D eigenvalue weighted by atomic mass is 9.98. The van der Waals surface area contributed by atoms with Gasteiger partial charge in [-0.15, -0.1) is 11.3 Å². The molecule has 1 atom stereocenters. The number of nitrogens with one attached hydrogen (secondary N) is 1. The van der Waals surface area contributed by atoms with Crippen LogP contribution in [0.2, 0.25) is 5.02 Å². The van der Waals surface area contributed by atoms with Crippen LogP contribution in [-0.4, -0.2) is 58.1 Å². The standard InChI is InChI=1S/C22H23ClN4O2S2/c1-13-18(21(28)26-8-10-29-11-9-26)19(25-22(30)27(13)16-6-7-16)17-12-31-20(24-17)14-2-4-15(23)5-3-14/h2-5,12,16,19H,6-11H2,1H3,(H,25,30)/t19-/m0/s1. The molecule has 0 spiro atoms. The lowest BCUT2D eigenvalue weighted by molar-refractivity contribution is -0.131. The van der Waals surface area contributed by atoms with Gasteiger partial charge in [-0.2, -0.15) is 0 Å². The smallest absolute Gasteiger partial charge is 0.254 e. The number of benzene rings is 1. The van der Waals surface area contributed by atoms with E-state index in [4.69, 9.17) is 33.5 Å². The number of hydrogen-bond acceptors (Lipinski definition) is 5. The molecular formula is C22H23ClN4O2S2. The minimum absolute atomic E-state index is 0.0347. The van der Waals surface area contributed by atoms with Crippen molar-refractivity contribution >= 4 is 46.2 Å². The molecule has 3 heterocycles. The van der Waals surface area contributed by atoms with Crippen molar-refractivity contribution < 1.29 is 9.53 Å². The highest BCUT2D eigenvalue weighted by atomic mass is 35.5. The summed E-state index contributed by atoms with van der Waals surface area (Å²) in [5.74, 6) is 0.0347. The van der Waals surface area contributed by atoms with Gasteiger partial charge in [-0.25, -0.2) is 4.98 Å². The Morgan fingerprint density at radius 3 is 2.65 bits per heavy atom. The molecule has 5 rings (SSSR count). The van der Waals surface area contributed by atoms with E-state index in [0.717, 1.165) is 40.4 Å². The molecular weight excluding hydrogens is 452 g/mol. The van der Waals surface area contributed by atoms with Crippen molar-refractivity contribution in [2.45, 2.75) is 31.8 Å². The summed E-state index contributed by atoms with van der Waals surface area (Å²) in [6.45, 7) is 4.35. The summed E-state index contributed by atoms with van der Waals surface area (Å²) < 4.78 is 5.45. The number of morpholine rings is 1. The summed E-state index contributed by atoms with van der Waals surface area (Å²) >= 11 is 13.3. The molecule has 0 bridgehead atoms. The van der Waals surface area contributed by atoms with Crippen LogP contribution in [-0.2, 0) is 9.53 Å². The van der Waals surface area contributed by atoms with Gasteiger partial charge in [-0.3, -0.25) is 4.79 Å². The predicted octanol–water partition coefficient (Wildman–Crippen LogP) is 3.99. The Bertz CT molecular complexity index is 1040. The number of hydrogen-bond donors (Lipinski definition) is 1. The number of nitrogens with zero attached hydrogens (tertiary/aromatic N) is 3. The Hall–Kier alpha value is -2.00. The zero-order valence-corrected chi connectivity index (χ0v) is 19.5. The maximum Gasteiger partial charge on any atom is 0.254 e. The third-order valence-electron chi connectivity index (χ3n) is 5.88. The second kappa shape index (κ2) is 8.50. The molecule has 1 N–H and O–H groups in total. The van der Waals surface area contributed by atoms with Crippen LogP contribution in [0.4, 0.5) is 0 Å². The summed E-state index contributed by atoms with van der Waals surface area (Å²) in [4.78, 5) is 22.5. The number of thiocarbonyl (C=S) groups is 1. The van der Waals surface area contributed by atoms with E-state index in [1.165, 1.54) is 0 Å². The number of allylic oxidation sites excluding steroid dienone is 1. The highest BCUT2D eigenvalue weighted by molar-refractivity contribution is 7.80. The first kappa shape index (κ1) is 20.9. The molecule has 2 fully saturated rings. The average molecular weight is 475 g/mol. The minimum Gasteiger partial charge on any atom is -0.378 e. The Morgan fingerprint density at radius 2 is 1.97 bits per heavy atom. The monoisotopic (exact) mass is 474 g/mol. The van der Waals surface area contributed by atoms with Crippen LogP contribution in [0.25, 0.3) is 10.6 Å². The minimum atomic E-state index is -0.366. The number of rotatable bonds is 4. The van der Waals surface area contributed by atoms with Crippen LogP contribution in [0.1, 0.15) is 31.5 Å². The fourth-order valence-corrected chi connectivity index (χ4v) is 5.49. The van der Waals surface area contributed by atoms with E-state index in [1.807, 2.05) is 41.5 Å². The van der Waals surface area contributed by atoms with Crippen molar-refractivity contribution in [2.24, 2.45) is 0 Å². The van der Waals surface area contributed by atoms with E-state index in [9.17, 15) is 4.79 Å². The molecule has 9 heteroatoms. The normalized spacial score (nSPS) is 22.0. The summed E-state index contributed by atoms with van der Waals surface area (Å²) in [7, 11) is 0. The van der Waals surface area contributed by atoms with Gasteiger partial charge in [0.2, 0.25) is 0 Å². The van der Waals surface area contributed by atoms with E-state index < -0.39 is 0 Å². The number of halogens is 1. The first-order chi connectivity index (χ1) is 15.0. The zero-order valence-electron chi connectivity index (χ0n) is 17.1. The van der Waals surface area contributed by atoms with Crippen molar-refractivity contribution in [1.29, 1.82) is 0 Å². The maximum absolute atomic E-state index is 13.6. The lowest BCUT2D eigenvalue weighted by Crippen LogP contribution is -2.51. The Morgan fingerprint density at radius 1 is 1.26 bits per heavy atom. The molecule has 1 saturated heterocycles. The first-order valence-electron chi connectivity index (χ1n) is 10.4. The van der Waals surface area contributed by atoms with Crippen LogP contribution in [0.5, 0.6) is 0 Å². The fourth-order valence-electron chi connectivity index (χ4n) is 4.11. The van der Waals surface area contributed by atoms with Crippen LogP contribution in [0, 0.1) is 0 Å². The predicted molar refractivity (Wildman–Crippen MR) is 126 cm³/mol. The molecule has 1 saturated carbocycles. The van der Waals surface area contributed by atoms with Gasteiger partial charge in [0.25, 0.3) is 5.91 Å². The number of carbonyl (C=O) groups is 1. The molecule has 3 aliphatic rings. The van der Waals surface area contributed by atoms with Crippen LogP contribution in [0.15, 0.2) is 40.9 Å². The molecule has 1 aromatic carbocycles. The zero-order chi connectivity index (χ0) is 21.5. The largest absolute Gasteiger partial charge is 0.378 e. The van der Waals surface area contributed by atoms with E-state index in [2.05, 4.69) is 10.2 Å². The highest BCUT2D eigenvalue weighted by Gasteiger charge is 2.42. The summed E-state index contributed by atoms with van der Waals surface area (Å²) in [5.41, 5.74) is 3.48. The molecule has 2 aliphatic heterocycles. The molecule has 6 nitrogen and oxygen atoms in total. The summed E-state index contributed by atoms with van der Waals surface area (Å²) in [5, 5.41) is 7.68. The van der Waals surface area contributed by atoms with E-state index in [-0.39, 0.29) is 11.9 Å². The van der Waals surface area contributed by atoms with Gasteiger partial charge in [0, 0.05) is 40.8 Å². The van der Waals surface area contributed by atoms with Gasteiger partial charge >= 0.3 is 0 Å². The summed E-state index contributed by atoms with van der Waals surface area (Å²) in [6, 6.07) is 7.65. The third kappa shape index (κ3) is 4.09. The van der Waals surface area contributed by atoms with Crippen molar-refractivity contribution in [3.63, 3.8) is 0 Å². The molecule has 0 radical (unpaired) electrons. The SMILES string of the molecule is CC1=C(C(=O)N2CCOCC2)[C@H](c2csc(-c3ccc(Cl)cc3)n2)NC(=S)N1C1CC1. The van der Waals surface area contributed by atoms with E-state index in [0.29, 0.717) is 42.5 Å². The molecule has 1 aliphatic carbocycles. The van der Waals surface area contributed by atoms with Gasteiger partial charge < -0.3 is 19.9 Å². The lowest BCUT2D eigenvalue weighted by Gasteiger charge is -2.39. The van der Waals surface area contributed by atoms with Gasteiger partial charge in [0.05, 0.1) is 24.5 Å². The molecule has 31 heavy (non-hydrogen) atoms. The van der Waals surface area contributed by atoms with Crippen LogP contribution in [0.3, 0.4) is 0 Å². The van der Waals surface area contributed by atoms with Crippen molar-refractivity contribution in [1.82, 2.24) is 20.1 Å². The van der Waals surface area contributed by atoms with Gasteiger partial charge in [-0.1, -0.05) is 23.7 Å². The van der Waals surface area contributed by atoms with Crippen LogP contribution >= 0.6 is 35.2 Å². The number of thiazole rings is 1. The Balaban J connectivity index is 1.52. The number of aromatic nitrogens is 1. The van der Waals surface area contributed by atoms with Gasteiger partial charge in [0.15, 0.2) is 5.11 Å². The third-order valence-corrected chi connectivity index (χ3v) is 7.35. The molecule has 1 aromatic heterocycles. The fraction of sp³-hybridized carbons (Fsp3) is 0.409.